The lowest BCUT2D eigenvalue weighted by atomic mass is 10.3. The van der Waals surface area contributed by atoms with Crippen molar-refractivity contribution in [3.8, 4) is 5.75 Å². The lowest BCUT2D eigenvalue weighted by Gasteiger charge is -2.14. The minimum atomic E-state index is -4.76. The highest BCUT2D eigenvalue weighted by molar-refractivity contribution is 14.0. The molecule has 0 fully saturated rings. The Morgan fingerprint density at radius 1 is 1.33 bits per heavy atom. The molecule has 0 aliphatic carbocycles. The maximum absolute atomic E-state index is 12.2. The zero-order chi connectivity index (χ0) is 15.0. The summed E-state index contributed by atoms with van der Waals surface area (Å²) in [6.07, 6.45) is -4.10. The Balaban J connectivity index is 0.00000400. The number of ether oxygens (including phenoxy) is 2. The number of rotatable bonds is 6. The average Bonchev–Trinajstić information content (AvgIpc) is 2.35. The van der Waals surface area contributed by atoms with E-state index in [1.165, 1.54) is 18.2 Å². The first-order chi connectivity index (χ1) is 9.42. The molecule has 0 atom stereocenters. The Bertz CT molecular complexity index is 456. The number of guanidine groups is 1. The van der Waals surface area contributed by atoms with Gasteiger partial charge in [-0.25, -0.2) is 0 Å². The Morgan fingerprint density at radius 3 is 2.62 bits per heavy atom. The van der Waals surface area contributed by atoms with E-state index in [0.29, 0.717) is 19.6 Å². The lowest BCUT2D eigenvalue weighted by Crippen LogP contribution is -2.24. The molecular formula is C12H17F3IN3O2. The second-order valence-electron chi connectivity index (χ2n) is 3.78. The SMILES string of the molecule is COCCCN=C(N)Nc1ccccc1OC(F)(F)F.I. The van der Waals surface area contributed by atoms with Crippen molar-refractivity contribution in [2.45, 2.75) is 12.8 Å². The fourth-order valence-electron chi connectivity index (χ4n) is 1.37. The van der Waals surface area contributed by atoms with Crippen LogP contribution in [-0.4, -0.2) is 32.6 Å². The van der Waals surface area contributed by atoms with Crippen LogP contribution >= 0.6 is 24.0 Å². The Kier molecular flexibility index (Phi) is 9.09. The number of nitrogens with zero attached hydrogens (tertiary/aromatic N) is 1. The van der Waals surface area contributed by atoms with E-state index >= 15 is 0 Å². The molecule has 0 aliphatic rings. The van der Waals surface area contributed by atoms with Crippen molar-refractivity contribution in [1.82, 2.24) is 0 Å². The van der Waals surface area contributed by atoms with Gasteiger partial charge in [0.1, 0.15) is 0 Å². The molecule has 0 saturated heterocycles. The standard InChI is InChI=1S/C12H16F3N3O2.HI/c1-19-8-4-7-17-11(16)18-9-5-2-3-6-10(9)20-12(13,14)15;/h2-3,5-6H,4,7-8H2,1H3,(H3,16,17,18);1H. The van der Waals surface area contributed by atoms with Crippen LogP contribution in [0.3, 0.4) is 0 Å². The van der Waals surface area contributed by atoms with Crippen molar-refractivity contribution in [2.75, 3.05) is 25.6 Å². The molecule has 9 heteroatoms. The highest BCUT2D eigenvalue weighted by atomic mass is 127. The van der Waals surface area contributed by atoms with Gasteiger partial charge in [0.25, 0.3) is 0 Å². The van der Waals surface area contributed by atoms with E-state index in [0.717, 1.165) is 0 Å². The number of para-hydroxylation sites is 2. The highest BCUT2D eigenvalue weighted by Crippen LogP contribution is 2.29. The van der Waals surface area contributed by atoms with E-state index in [1.54, 1.807) is 13.2 Å². The molecule has 1 aromatic rings. The van der Waals surface area contributed by atoms with Gasteiger partial charge in [0, 0.05) is 20.3 Å². The molecule has 0 heterocycles. The number of aliphatic imine (C=N–C) groups is 1. The summed E-state index contributed by atoms with van der Waals surface area (Å²) in [7, 11) is 1.57. The van der Waals surface area contributed by atoms with Crippen LogP contribution in [0.5, 0.6) is 5.75 Å². The van der Waals surface area contributed by atoms with Gasteiger partial charge in [-0.3, -0.25) is 4.99 Å². The monoisotopic (exact) mass is 419 g/mol. The van der Waals surface area contributed by atoms with Crippen LogP contribution in [0, 0.1) is 0 Å². The number of methoxy groups -OCH3 is 1. The zero-order valence-corrected chi connectivity index (χ0v) is 13.6. The number of alkyl halides is 3. The van der Waals surface area contributed by atoms with Crippen LogP contribution in [0.25, 0.3) is 0 Å². The highest BCUT2D eigenvalue weighted by Gasteiger charge is 2.32. The first kappa shape index (κ1) is 19.8. The minimum absolute atomic E-state index is 0. The normalized spacial score (nSPS) is 11.7. The summed E-state index contributed by atoms with van der Waals surface area (Å²) in [5.74, 6) is -0.352. The Labute approximate surface area is 137 Å². The summed E-state index contributed by atoms with van der Waals surface area (Å²) in [6, 6.07) is 5.59. The molecule has 3 N–H and O–H groups in total. The number of nitrogens with one attached hydrogen (secondary N) is 1. The molecule has 0 bridgehead atoms. The number of halogens is 4. The Morgan fingerprint density at radius 2 is 2.00 bits per heavy atom. The molecule has 0 saturated carbocycles. The average molecular weight is 419 g/mol. The summed E-state index contributed by atoms with van der Waals surface area (Å²) in [5.41, 5.74) is 5.68. The molecule has 0 unspecified atom stereocenters. The molecule has 120 valence electrons. The predicted octanol–water partition coefficient (Wildman–Crippen LogP) is 2.97. The van der Waals surface area contributed by atoms with Gasteiger partial charge in [-0.05, 0) is 18.6 Å². The van der Waals surface area contributed by atoms with Crippen molar-refractivity contribution >= 4 is 35.6 Å². The third kappa shape index (κ3) is 8.60. The van der Waals surface area contributed by atoms with E-state index < -0.39 is 6.36 Å². The van der Waals surface area contributed by atoms with Crippen molar-refractivity contribution in [3.63, 3.8) is 0 Å². The van der Waals surface area contributed by atoms with E-state index in [9.17, 15) is 13.2 Å². The van der Waals surface area contributed by atoms with Gasteiger partial charge < -0.3 is 20.5 Å². The number of benzene rings is 1. The van der Waals surface area contributed by atoms with Gasteiger partial charge in [-0.2, -0.15) is 0 Å². The van der Waals surface area contributed by atoms with Crippen molar-refractivity contribution in [3.05, 3.63) is 24.3 Å². The number of hydrogen-bond acceptors (Lipinski definition) is 3. The number of hydrogen-bond donors (Lipinski definition) is 2. The fourth-order valence-corrected chi connectivity index (χ4v) is 1.37. The van der Waals surface area contributed by atoms with Crippen LogP contribution in [0.4, 0.5) is 18.9 Å². The van der Waals surface area contributed by atoms with E-state index in [4.69, 9.17) is 10.5 Å². The van der Waals surface area contributed by atoms with Gasteiger partial charge in [-0.15, -0.1) is 37.1 Å². The molecule has 1 aromatic carbocycles. The molecule has 0 radical (unpaired) electrons. The molecule has 1 rings (SSSR count). The summed E-state index contributed by atoms with van der Waals surface area (Å²) in [4.78, 5) is 3.96. The quantitative estimate of drug-likeness (QED) is 0.322. The smallest absolute Gasteiger partial charge is 0.404 e. The van der Waals surface area contributed by atoms with E-state index in [2.05, 4.69) is 15.0 Å². The first-order valence-electron chi connectivity index (χ1n) is 5.83. The Hall–Kier alpha value is -1.23. The van der Waals surface area contributed by atoms with Crippen LogP contribution in [0.15, 0.2) is 29.3 Å². The van der Waals surface area contributed by atoms with Crippen LogP contribution in [0.1, 0.15) is 6.42 Å². The molecule has 21 heavy (non-hydrogen) atoms. The second-order valence-corrected chi connectivity index (χ2v) is 3.78. The molecule has 0 amide bonds. The van der Waals surface area contributed by atoms with Crippen molar-refractivity contribution in [1.29, 1.82) is 0 Å². The predicted molar refractivity (Wildman–Crippen MR) is 85.1 cm³/mol. The lowest BCUT2D eigenvalue weighted by molar-refractivity contribution is -0.274. The largest absolute Gasteiger partial charge is 0.573 e. The maximum Gasteiger partial charge on any atom is 0.573 e. The van der Waals surface area contributed by atoms with Crippen LogP contribution < -0.4 is 15.8 Å². The van der Waals surface area contributed by atoms with Crippen LogP contribution in [0.2, 0.25) is 0 Å². The maximum atomic E-state index is 12.2. The number of nitrogens with two attached hydrogens (primary N) is 1. The summed E-state index contributed by atoms with van der Waals surface area (Å²) < 4.78 is 45.4. The molecule has 0 spiro atoms. The van der Waals surface area contributed by atoms with Gasteiger partial charge >= 0.3 is 6.36 Å². The fraction of sp³-hybridized carbons (Fsp3) is 0.417. The second kappa shape index (κ2) is 9.66. The molecule has 5 nitrogen and oxygen atoms in total. The van der Waals surface area contributed by atoms with Crippen LogP contribution in [-0.2, 0) is 4.74 Å². The van der Waals surface area contributed by atoms with E-state index in [-0.39, 0.29) is 41.4 Å². The van der Waals surface area contributed by atoms with Gasteiger partial charge in [0.05, 0.1) is 5.69 Å². The first-order valence-corrected chi connectivity index (χ1v) is 5.83. The zero-order valence-electron chi connectivity index (χ0n) is 11.3. The van der Waals surface area contributed by atoms with Gasteiger partial charge in [-0.1, -0.05) is 12.1 Å². The minimum Gasteiger partial charge on any atom is -0.404 e. The summed E-state index contributed by atoms with van der Waals surface area (Å²) in [5, 5.41) is 2.57. The summed E-state index contributed by atoms with van der Waals surface area (Å²) >= 11 is 0. The molecule has 0 aliphatic heterocycles. The van der Waals surface area contributed by atoms with Gasteiger partial charge in [0.2, 0.25) is 0 Å². The van der Waals surface area contributed by atoms with Crippen molar-refractivity contribution < 1.29 is 22.6 Å². The molecular weight excluding hydrogens is 402 g/mol. The van der Waals surface area contributed by atoms with Crippen molar-refractivity contribution in [2.24, 2.45) is 10.7 Å². The molecule has 0 aromatic heterocycles. The number of anilines is 1. The topological polar surface area (TPSA) is 68.9 Å². The van der Waals surface area contributed by atoms with Gasteiger partial charge in [0.15, 0.2) is 11.7 Å². The third-order valence-electron chi connectivity index (χ3n) is 2.16. The third-order valence-corrected chi connectivity index (χ3v) is 2.16. The summed E-state index contributed by atoms with van der Waals surface area (Å²) in [6.45, 7) is 0.944. The van der Waals surface area contributed by atoms with E-state index in [1.807, 2.05) is 0 Å².